The summed E-state index contributed by atoms with van der Waals surface area (Å²) in [5, 5.41) is 3.18. The highest BCUT2D eigenvalue weighted by atomic mass is 16.2. The van der Waals surface area contributed by atoms with Crippen molar-refractivity contribution in [1.29, 1.82) is 0 Å². The van der Waals surface area contributed by atoms with Crippen molar-refractivity contribution >= 4 is 28.8 Å². The zero-order valence-electron chi connectivity index (χ0n) is 17.0. The Kier molecular flexibility index (Phi) is 5.75. The van der Waals surface area contributed by atoms with Crippen molar-refractivity contribution in [1.82, 2.24) is 0 Å². The first kappa shape index (κ1) is 19.6. The van der Waals surface area contributed by atoms with E-state index in [0.29, 0.717) is 17.0 Å². The summed E-state index contributed by atoms with van der Waals surface area (Å²) in [5.74, 6) is -0.657. The smallest absolute Gasteiger partial charge is 0.282 e. The maximum atomic E-state index is 13.4. The molecule has 4 heteroatoms. The highest BCUT2D eigenvalue weighted by Gasteiger charge is 2.40. The fraction of sp³-hybridized carbons (Fsp3) is 0.154. The number of anilines is 2. The molecule has 2 amide bonds. The van der Waals surface area contributed by atoms with Crippen LogP contribution in [0.3, 0.4) is 0 Å². The number of hydrogen-bond acceptors (Lipinski definition) is 3. The summed E-state index contributed by atoms with van der Waals surface area (Å²) in [4.78, 5) is 28.0. The number of para-hydroxylation sites is 1. The van der Waals surface area contributed by atoms with Gasteiger partial charge in [0.05, 0.1) is 11.3 Å². The predicted molar refractivity (Wildman–Crippen MR) is 121 cm³/mol. The van der Waals surface area contributed by atoms with E-state index in [4.69, 9.17) is 0 Å². The monoisotopic (exact) mass is 396 g/mol. The molecule has 4 rings (SSSR count). The van der Waals surface area contributed by atoms with Gasteiger partial charge >= 0.3 is 0 Å². The quantitative estimate of drug-likeness (QED) is 0.542. The van der Waals surface area contributed by atoms with Gasteiger partial charge in [0.2, 0.25) is 0 Å². The average molecular weight is 396 g/mol. The van der Waals surface area contributed by atoms with Crippen LogP contribution in [0.1, 0.15) is 30.9 Å². The molecule has 0 spiro atoms. The van der Waals surface area contributed by atoms with Crippen molar-refractivity contribution in [3.8, 4) is 0 Å². The van der Waals surface area contributed by atoms with E-state index in [1.807, 2.05) is 84.9 Å². The Morgan fingerprint density at radius 2 is 1.40 bits per heavy atom. The number of rotatable bonds is 7. The van der Waals surface area contributed by atoms with Crippen LogP contribution in [-0.4, -0.2) is 11.8 Å². The Hall–Kier alpha value is -3.66. The summed E-state index contributed by atoms with van der Waals surface area (Å²) in [5.41, 5.74) is 3.96. The van der Waals surface area contributed by atoms with Gasteiger partial charge in [0, 0.05) is 5.69 Å². The molecule has 1 heterocycles. The zero-order chi connectivity index (χ0) is 20.9. The van der Waals surface area contributed by atoms with Gasteiger partial charge in [-0.2, -0.15) is 0 Å². The lowest BCUT2D eigenvalue weighted by atomic mass is 10.0. The Morgan fingerprint density at radius 3 is 2.03 bits per heavy atom. The van der Waals surface area contributed by atoms with Gasteiger partial charge in [-0.15, -0.1) is 0 Å². The molecule has 3 aromatic carbocycles. The topological polar surface area (TPSA) is 49.4 Å². The lowest BCUT2D eigenvalue weighted by Gasteiger charge is -2.16. The second-order valence-corrected chi connectivity index (χ2v) is 7.32. The molecule has 0 radical (unpaired) electrons. The molecule has 0 bridgehead atoms. The lowest BCUT2D eigenvalue weighted by Crippen LogP contribution is -2.32. The Bertz CT molecular complexity index is 1070. The number of benzene rings is 3. The van der Waals surface area contributed by atoms with E-state index in [0.717, 1.165) is 30.5 Å². The molecule has 0 saturated carbocycles. The summed E-state index contributed by atoms with van der Waals surface area (Å²) in [6.45, 7) is 2.16. The summed E-state index contributed by atoms with van der Waals surface area (Å²) in [7, 11) is 0. The minimum atomic E-state index is -0.344. The number of carbonyl (C=O) groups is 2. The van der Waals surface area contributed by atoms with E-state index in [9.17, 15) is 9.59 Å². The van der Waals surface area contributed by atoms with Crippen LogP contribution in [0.25, 0.3) is 5.57 Å². The first-order chi connectivity index (χ1) is 14.7. The maximum Gasteiger partial charge on any atom is 0.282 e. The SMILES string of the molecule is CCCCc1ccc(N2C(=O)C(Nc3ccccc3)=C(c3ccccc3)C2=O)cc1. The van der Waals surface area contributed by atoms with Gasteiger partial charge in [-0.25, -0.2) is 4.90 Å². The third-order valence-corrected chi connectivity index (χ3v) is 5.20. The Labute approximate surface area is 176 Å². The number of amides is 2. The second kappa shape index (κ2) is 8.78. The Balaban J connectivity index is 1.71. The average Bonchev–Trinajstić information content (AvgIpc) is 3.03. The largest absolute Gasteiger partial charge is 0.350 e. The van der Waals surface area contributed by atoms with Crippen LogP contribution in [0.4, 0.5) is 11.4 Å². The molecule has 0 fully saturated rings. The molecule has 1 aliphatic rings. The standard InChI is InChI=1S/C26H24N2O2/c1-2-3-10-19-15-17-22(18-16-19)28-25(29)23(20-11-6-4-7-12-20)24(26(28)30)27-21-13-8-5-9-14-21/h4-9,11-18,27H,2-3,10H2,1H3. The van der Waals surface area contributed by atoms with Crippen molar-refractivity contribution in [3.05, 3.63) is 102 Å². The highest BCUT2D eigenvalue weighted by molar-refractivity contribution is 6.46. The fourth-order valence-corrected chi connectivity index (χ4v) is 3.61. The van der Waals surface area contributed by atoms with Gasteiger partial charge in [0.1, 0.15) is 5.70 Å². The third kappa shape index (κ3) is 3.90. The molecule has 0 aromatic heterocycles. The number of hydrogen-bond donors (Lipinski definition) is 1. The van der Waals surface area contributed by atoms with E-state index < -0.39 is 0 Å². The second-order valence-electron chi connectivity index (χ2n) is 7.32. The molecular weight excluding hydrogens is 372 g/mol. The minimum absolute atomic E-state index is 0.299. The highest BCUT2D eigenvalue weighted by Crippen LogP contribution is 2.33. The summed E-state index contributed by atoms with van der Waals surface area (Å²) in [6.07, 6.45) is 3.24. The summed E-state index contributed by atoms with van der Waals surface area (Å²) in [6, 6.07) is 26.5. The molecule has 150 valence electrons. The van der Waals surface area contributed by atoms with Crippen molar-refractivity contribution < 1.29 is 9.59 Å². The van der Waals surface area contributed by atoms with E-state index in [2.05, 4.69) is 12.2 Å². The predicted octanol–water partition coefficient (Wildman–Crippen LogP) is 5.43. The van der Waals surface area contributed by atoms with Crippen LogP contribution in [0.5, 0.6) is 0 Å². The molecule has 4 nitrogen and oxygen atoms in total. The number of imide groups is 1. The van der Waals surface area contributed by atoms with E-state index in [1.54, 1.807) is 0 Å². The fourth-order valence-electron chi connectivity index (χ4n) is 3.61. The number of carbonyl (C=O) groups excluding carboxylic acids is 2. The first-order valence-corrected chi connectivity index (χ1v) is 10.3. The van der Waals surface area contributed by atoms with Gasteiger partial charge in [-0.1, -0.05) is 74.0 Å². The van der Waals surface area contributed by atoms with Gasteiger partial charge in [-0.3, -0.25) is 9.59 Å². The van der Waals surface area contributed by atoms with Crippen LogP contribution >= 0.6 is 0 Å². The van der Waals surface area contributed by atoms with Crippen LogP contribution in [0, 0.1) is 0 Å². The van der Waals surface area contributed by atoms with Gasteiger partial charge in [0.15, 0.2) is 0 Å². The number of aryl methyl sites for hydroxylation is 1. The van der Waals surface area contributed by atoms with E-state index in [-0.39, 0.29) is 11.8 Å². The summed E-state index contributed by atoms with van der Waals surface area (Å²) < 4.78 is 0. The van der Waals surface area contributed by atoms with Crippen molar-refractivity contribution in [2.45, 2.75) is 26.2 Å². The van der Waals surface area contributed by atoms with E-state index >= 15 is 0 Å². The van der Waals surface area contributed by atoms with Crippen LogP contribution in [0.15, 0.2) is 90.6 Å². The molecule has 0 saturated heterocycles. The van der Waals surface area contributed by atoms with Gasteiger partial charge in [0.25, 0.3) is 11.8 Å². The van der Waals surface area contributed by atoms with Gasteiger partial charge in [-0.05, 0) is 48.2 Å². The van der Waals surface area contributed by atoms with Crippen LogP contribution in [-0.2, 0) is 16.0 Å². The van der Waals surface area contributed by atoms with Crippen molar-refractivity contribution in [2.24, 2.45) is 0 Å². The molecule has 0 aliphatic carbocycles. The summed E-state index contributed by atoms with van der Waals surface area (Å²) >= 11 is 0. The van der Waals surface area contributed by atoms with Crippen molar-refractivity contribution in [3.63, 3.8) is 0 Å². The molecule has 1 N–H and O–H groups in total. The van der Waals surface area contributed by atoms with Crippen LogP contribution < -0.4 is 10.2 Å². The third-order valence-electron chi connectivity index (χ3n) is 5.20. The van der Waals surface area contributed by atoms with E-state index in [1.165, 1.54) is 10.5 Å². The number of nitrogens with zero attached hydrogens (tertiary/aromatic N) is 1. The van der Waals surface area contributed by atoms with Crippen LogP contribution in [0.2, 0.25) is 0 Å². The Morgan fingerprint density at radius 1 is 0.767 bits per heavy atom. The molecule has 1 aliphatic heterocycles. The molecule has 0 atom stereocenters. The minimum Gasteiger partial charge on any atom is -0.350 e. The molecular formula is C26H24N2O2. The molecule has 0 unspecified atom stereocenters. The molecule has 30 heavy (non-hydrogen) atoms. The lowest BCUT2D eigenvalue weighted by molar-refractivity contribution is -0.120. The normalized spacial score (nSPS) is 13.8. The van der Waals surface area contributed by atoms with Gasteiger partial charge < -0.3 is 5.32 Å². The number of nitrogens with one attached hydrogen (secondary N) is 1. The molecule has 3 aromatic rings. The zero-order valence-corrected chi connectivity index (χ0v) is 17.0. The first-order valence-electron chi connectivity index (χ1n) is 10.3. The number of unbranched alkanes of at least 4 members (excludes halogenated alkanes) is 1. The van der Waals surface area contributed by atoms with Crippen molar-refractivity contribution in [2.75, 3.05) is 10.2 Å². The maximum absolute atomic E-state index is 13.4.